The van der Waals surface area contributed by atoms with Gasteiger partial charge in [-0.2, -0.15) is 0 Å². The normalized spacial score (nSPS) is 38.1. The van der Waals surface area contributed by atoms with Crippen molar-refractivity contribution in [2.45, 2.75) is 38.2 Å². The Kier molecular flexibility index (Phi) is 3.15. The lowest BCUT2D eigenvalue weighted by Gasteiger charge is -2.56. The number of nitrogens with zero attached hydrogens (tertiary/aromatic N) is 1. The van der Waals surface area contributed by atoms with E-state index in [1.807, 2.05) is 12.2 Å². The van der Waals surface area contributed by atoms with Gasteiger partial charge in [0.1, 0.15) is 11.4 Å². The molecule has 3 fully saturated rings. The Morgan fingerprint density at radius 2 is 2.12 bits per heavy atom. The molecule has 3 aliphatic carbocycles. The van der Waals surface area contributed by atoms with Gasteiger partial charge in [0.25, 0.3) is 0 Å². The lowest BCUT2D eigenvalue weighted by Crippen LogP contribution is -2.51. The van der Waals surface area contributed by atoms with E-state index in [0.29, 0.717) is 29.4 Å². The lowest BCUT2D eigenvalue weighted by atomic mass is 9.49. The van der Waals surface area contributed by atoms with Crippen LogP contribution in [0.1, 0.15) is 37.7 Å². The SMILES string of the molecule is OB1C=C(C2C3CC4CCC(C(O)C3)C2C4)c2c(cnc3[nH]ccc23)O1. The average Bonchev–Trinajstić information content (AvgIpc) is 3.08. The van der Waals surface area contributed by atoms with Gasteiger partial charge in [-0.25, -0.2) is 4.98 Å². The van der Waals surface area contributed by atoms with E-state index >= 15 is 0 Å². The maximum Gasteiger partial charge on any atom is 0.552 e. The van der Waals surface area contributed by atoms with Crippen molar-refractivity contribution in [3.63, 3.8) is 0 Å². The fourth-order valence-corrected chi connectivity index (χ4v) is 6.62. The number of nitrogens with one attached hydrogen (secondary N) is 1. The van der Waals surface area contributed by atoms with E-state index in [1.54, 1.807) is 6.20 Å². The van der Waals surface area contributed by atoms with Crippen molar-refractivity contribution in [2.24, 2.45) is 29.6 Å². The molecule has 2 aromatic heterocycles. The van der Waals surface area contributed by atoms with Crippen LogP contribution in [0.5, 0.6) is 5.75 Å². The number of pyridine rings is 1. The second-order valence-electron chi connectivity index (χ2n) is 8.70. The Morgan fingerprint density at radius 1 is 1.19 bits per heavy atom. The molecule has 6 rings (SSSR count). The molecule has 0 radical (unpaired) electrons. The maximum atomic E-state index is 10.7. The molecule has 3 saturated carbocycles. The molecule has 1 aliphatic heterocycles. The van der Waals surface area contributed by atoms with Gasteiger partial charge in [0.2, 0.25) is 0 Å². The van der Waals surface area contributed by atoms with Crippen LogP contribution >= 0.6 is 0 Å². The Hall–Kier alpha value is -1.79. The molecule has 0 amide bonds. The number of aliphatic hydroxyl groups excluding tert-OH is 1. The van der Waals surface area contributed by atoms with Gasteiger partial charge in [-0.1, -0.05) is 6.42 Å². The zero-order chi connectivity index (χ0) is 17.4. The van der Waals surface area contributed by atoms with Gasteiger partial charge in [-0.15, -0.1) is 0 Å². The first-order chi connectivity index (χ1) is 12.7. The largest absolute Gasteiger partial charge is 0.552 e. The molecule has 0 spiro atoms. The van der Waals surface area contributed by atoms with Crippen molar-refractivity contribution >= 4 is 23.7 Å². The highest BCUT2D eigenvalue weighted by Crippen LogP contribution is 2.60. The van der Waals surface area contributed by atoms with Crippen molar-refractivity contribution in [1.82, 2.24) is 9.97 Å². The quantitative estimate of drug-likeness (QED) is 0.691. The first-order valence-corrected chi connectivity index (χ1v) is 9.90. The predicted octanol–water partition coefficient (Wildman–Crippen LogP) is 2.79. The molecule has 6 unspecified atom stereocenters. The summed E-state index contributed by atoms with van der Waals surface area (Å²) < 4.78 is 5.69. The first-order valence-electron chi connectivity index (χ1n) is 9.90. The number of aromatic nitrogens is 2. The predicted molar refractivity (Wildman–Crippen MR) is 99.2 cm³/mol. The highest BCUT2D eigenvalue weighted by atomic mass is 16.5. The van der Waals surface area contributed by atoms with Gasteiger partial charge >= 0.3 is 7.12 Å². The summed E-state index contributed by atoms with van der Waals surface area (Å²) >= 11 is 0. The number of hydrogen-bond acceptors (Lipinski definition) is 4. The third-order valence-corrected chi connectivity index (χ3v) is 7.48. The molecule has 3 N–H and O–H groups in total. The van der Waals surface area contributed by atoms with Crippen LogP contribution in [0.3, 0.4) is 0 Å². The molecule has 6 atom stereocenters. The number of rotatable bonds is 1. The zero-order valence-corrected chi connectivity index (χ0v) is 14.6. The molecular weight excluding hydrogens is 327 g/mol. The smallest absolute Gasteiger partial charge is 0.531 e. The Labute approximate surface area is 152 Å². The van der Waals surface area contributed by atoms with Gasteiger partial charge in [-0.05, 0) is 72.9 Å². The molecule has 134 valence electrons. The number of aromatic amines is 1. The van der Waals surface area contributed by atoms with E-state index < -0.39 is 7.12 Å². The van der Waals surface area contributed by atoms with Crippen molar-refractivity contribution in [2.75, 3.05) is 0 Å². The Morgan fingerprint density at radius 3 is 3.04 bits per heavy atom. The van der Waals surface area contributed by atoms with Gasteiger partial charge in [0.05, 0.1) is 12.3 Å². The number of allylic oxidation sites excluding steroid dienone is 1. The number of aliphatic hydroxyl groups is 1. The fraction of sp³-hybridized carbons (Fsp3) is 0.550. The topological polar surface area (TPSA) is 78.4 Å². The second-order valence-corrected chi connectivity index (χ2v) is 8.70. The van der Waals surface area contributed by atoms with Crippen LogP contribution < -0.4 is 4.65 Å². The summed E-state index contributed by atoms with van der Waals surface area (Å²) in [6, 6.07) is 2.05. The summed E-state index contributed by atoms with van der Waals surface area (Å²) in [5.74, 6) is 5.23. The molecule has 3 heterocycles. The van der Waals surface area contributed by atoms with Crippen LogP contribution in [0.2, 0.25) is 0 Å². The maximum absolute atomic E-state index is 10.7. The van der Waals surface area contributed by atoms with E-state index in [9.17, 15) is 10.1 Å². The Balaban J connectivity index is 1.52. The van der Waals surface area contributed by atoms with Crippen molar-refractivity contribution in [3.8, 4) is 5.75 Å². The molecule has 4 aliphatic rings. The van der Waals surface area contributed by atoms with Crippen molar-refractivity contribution < 1.29 is 14.8 Å². The third-order valence-electron chi connectivity index (χ3n) is 7.48. The van der Waals surface area contributed by atoms with Crippen LogP contribution in [-0.4, -0.2) is 33.3 Å². The molecule has 26 heavy (non-hydrogen) atoms. The molecular formula is C20H23BN2O3. The van der Waals surface area contributed by atoms with Gasteiger partial charge in [0, 0.05) is 17.1 Å². The van der Waals surface area contributed by atoms with Crippen molar-refractivity contribution in [1.29, 1.82) is 0 Å². The average molecular weight is 350 g/mol. The highest BCUT2D eigenvalue weighted by molar-refractivity contribution is 6.52. The van der Waals surface area contributed by atoms with E-state index in [4.69, 9.17) is 4.65 Å². The molecule has 3 bridgehead atoms. The van der Waals surface area contributed by atoms with E-state index in [0.717, 1.165) is 35.4 Å². The van der Waals surface area contributed by atoms with Crippen LogP contribution in [0.25, 0.3) is 16.6 Å². The van der Waals surface area contributed by atoms with E-state index in [2.05, 4.69) is 16.0 Å². The summed E-state index contributed by atoms with van der Waals surface area (Å²) in [5, 5.41) is 22.1. The lowest BCUT2D eigenvalue weighted by molar-refractivity contribution is -0.0835. The minimum absolute atomic E-state index is 0.156. The fourth-order valence-electron chi connectivity index (χ4n) is 6.62. The minimum atomic E-state index is -0.916. The Bertz CT molecular complexity index is 906. The summed E-state index contributed by atoms with van der Waals surface area (Å²) in [5.41, 5.74) is 3.17. The molecule has 6 heteroatoms. The zero-order valence-electron chi connectivity index (χ0n) is 14.6. The summed E-state index contributed by atoms with van der Waals surface area (Å²) in [4.78, 5) is 7.62. The van der Waals surface area contributed by atoms with Gasteiger partial charge in [-0.3, -0.25) is 0 Å². The molecule has 0 aromatic carbocycles. The summed E-state index contributed by atoms with van der Waals surface area (Å²) in [6.07, 6.45) is 9.22. The van der Waals surface area contributed by atoms with Crippen LogP contribution in [-0.2, 0) is 0 Å². The van der Waals surface area contributed by atoms with E-state index in [1.165, 1.54) is 24.8 Å². The molecule has 0 saturated heterocycles. The summed E-state index contributed by atoms with van der Waals surface area (Å²) in [7, 11) is -0.916. The van der Waals surface area contributed by atoms with Crippen LogP contribution in [0.4, 0.5) is 0 Å². The van der Waals surface area contributed by atoms with Crippen LogP contribution in [0.15, 0.2) is 24.4 Å². The summed E-state index contributed by atoms with van der Waals surface area (Å²) in [6.45, 7) is 0. The molecule has 5 nitrogen and oxygen atoms in total. The highest BCUT2D eigenvalue weighted by Gasteiger charge is 2.53. The standard InChI is InChI=1S/C20H23BN2O3/c24-16-7-11-5-10-1-2-12(16)14(6-10)18(11)15-8-21(25)26-17-9-23-20-13(19(15)17)3-4-22-20/h3-4,8-12,14,16,18,24-25H,1-2,5-7H2,(H,22,23). The van der Waals surface area contributed by atoms with Gasteiger partial charge in [0.15, 0.2) is 0 Å². The number of fused-ring (bicyclic) bond motifs is 5. The third kappa shape index (κ3) is 2.03. The number of H-pyrrole nitrogens is 1. The van der Waals surface area contributed by atoms with Crippen LogP contribution in [0, 0.1) is 29.6 Å². The van der Waals surface area contributed by atoms with E-state index in [-0.39, 0.29) is 6.10 Å². The monoisotopic (exact) mass is 350 g/mol. The van der Waals surface area contributed by atoms with Gasteiger partial charge < -0.3 is 19.8 Å². The minimum Gasteiger partial charge on any atom is -0.531 e. The molecule has 2 aromatic rings. The number of hydrogen-bond donors (Lipinski definition) is 3. The first kappa shape index (κ1) is 15.3. The van der Waals surface area contributed by atoms with Crippen molar-refractivity contribution in [3.05, 3.63) is 30.0 Å². The second kappa shape index (κ2) is 5.36.